The lowest BCUT2D eigenvalue weighted by atomic mass is 10.2. The number of hydrogen-bond donors (Lipinski definition) is 1. The molecule has 1 N–H and O–H groups in total. The first-order chi connectivity index (χ1) is 10.5. The number of thioether (sulfide) groups is 1. The van der Waals surface area contributed by atoms with E-state index in [1.807, 2.05) is 13.8 Å². The van der Waals surface area contributed by atoms with Crippen LogP contribution in [0.15, 0.2) is 29.3 Å². The van der Waals surface area contributed by atoms with E-state index >= 15 is 0 Å². The van der Waals surface area contributed by atoms with Gasteiger partial charge in [0, 0.05) is 30.2 Å². The van der Waals surface area contributed by atoms with E-state index in [-0.39, 0.29) is 18.2 Å². The Hall–Kier alpha value is -1.53. The number of carbonyl (C=O) groups excluding carboxylic acids is 2. The first-order valence-corrected chi connectivity index (χ1v) is 8.38. The molecule has 1 atom stereocenters. The van der Waals surface area contributed by atoms with Crippen molar-refractivity contribution in [2.45, 2.75) is 25.5 Å². The molecule has 1 aliphatic rings. The third kappa shape index (κ3) is 4.01. The fourth-order valence-corrected chi connectivity index (χ4v) is 3.59. The Bertz CT molecular complexity index is 606. The molecule has 0 spiro atoms. The molecule has 2 rings (SSSR count). The fraction of sp³-hybridized carbons (Fsp3) is 0.400. The second kappa shape index (κ2) is 7.65. The fourth-order valence-electron chi connectivity index (χ4n) is 2.13. The van der Waals surface area contributed by atoms with Gasteiger partial charge in [0.2, 0.25) is 11.8 Å². The van der Waals surface area contributed by atoms with Crippen molar-refractivity contribution in [3.63, 3.8) is 0 Å². The number of rotatable bonds is 5. The number of nitrogens with one attached hydrogen (secondary N) is 1. The summed E-state index contributed by atoms with van der Waals surface area (Å²) < 4.78 is 0. The van der Waals surface area contributed by atoms with Gasteiger partial charge in [-0.3, -0.25) is 19.5 Å². The van der Waals surface area contributed by atoms with Crippen LogP contribution in [0.5, 0.6) is 0 Å². The van der Waals surface area contributed by atoms with Crippen molar-refractivity contribution in [2.24, 2.45) is 4.99 Å². The zero-order chi connectivity index (χ0) is 16.1. The number of hydrogen-bond acceptors (Lipinski definition) is 4. The largest absolute Gasteiger partial charge is 0.326 e. The predicted octanol–water partition coefficient (Wildman–Crippen LogP) is 3.01. The van der Waals surface area contributed by atoms with Crippen molar-refractivity contribution in [2.75, 3.05) is 18.4 Å². The van der Waals surface area contributed by atoms with Gasteiger partial charge in [-0.1, -0.05) is 29.4 Å². The van der Waals surface area contributed by atoms with Crippen LogP contribution in [0.3, 0.4) is 0 Å². The minimum atomic E-state index is -0.413. The minimum Gasteiger partial charge on any atom is -0.326 e. The Labute approximate surface area is 139 Å². The monoisotopic (exact) mass is 339 g/mol. The average molecular weight is 340 g/mol. The summed E-state index contributed by atoms with van der Waals surface area (Å²) in [6, 6.07) is 6.93. The maximum Gasteiger partial charge on any atom is 0.242 e. The summed E-state index contributed by atoms with van der Waals surface area (Å²) in [5.41, 5.74) is 0.628. The van der Waals surface area contributed by atoms with Gasteiger partial charge < -0.3 is 5.32 Å². The summed E-state index contributed by atoms with van der Waals surface area (Å²) in [5, 5.41) is 3.61. The van der Waals surface area contributed by atoms with E-state index < -0.39 is 5.25 Å². The topological polar surface area (TPSA) is 61.8 Å². The normalized spacial score (nSPS) is 19.8. The highest BCUT2D eigenvalue weighted by Gasteiger charge is 2.37. The number of aliphatic imine (C=N–C) groups is 1. The van der Waals surface area contributed by atoms with E-state index in [1.165, 1.54) is 11.8 Å². The Morgan fingerprint density at radius 3 is 2.86 bits per heavy atom. The van der Waals surface area contributed by atoms with Crippen LogP contribution in [-0.2, 0) is 9.59 Å². The van der Waals surface area contributed by atoms with Crippen LogP contribution in [0.25, 0.3) is 0 Å². The molecule has 1 aliphatic heterocycles. The maximum atomic E-state index is 12.3. The number of carbonyl (C=O) groups is 2. The molecule has 1 aromatic carbocycles. The van der Waals surface area contributed by atoms with Crippen LogP contribution in [-0.4, -0.2) is 40.2 Å². The molecule has 0 unspecified atom stereocenters. The Kier molecular flexibility index (Phi) is 5.85. The molecule has 0 aliphatic carbocycles. The molecule has 118 valence electrons. The molecule has 1 aromatic rings. The highest BCUT2D eigenvalue weighted by molar-refractivity contribution is 8.15. The highest BCUT2D eigenvalue weighted by Crippen LogP contribution is 2.29. The highest BCUT2D eigenvalue weighted by atomic mass is 35.5. The van der Waals surface area contributed by atoms with Gasteiger partial charge in [-0.05, 0) is 32.0 Å². The molecule has 2 amide bonds. The van der Waals surface area contributed by atoms with E-state index in [9.17, 15) is 9.59 Å². The SMILES string of the molecule is CCN=C1S[C@@H](CC(=O)Nc2cccc(Cl)c2)C(=O)N1CC. The molecule has 1 fully saturated rings. The molecule has 7 heteroatoms. The van der Waals surface area contributed by atoms with Crippen LogP contribution in [0, 0.1) is 0 Å². The number of benzene rings is 1. The predicted molar refractivity (Wildman–Crippen MR) is 91.4 cm³/mol. The standard InChI is InChI=1S/C15H18ClN3O2S/c1-3-17-15-19(4-2)14(21)12(22-15)9-13(20)18-11-7-5-6-10(16)8-11/h5-8,12H,3-4,9H2,1-2H3,(H,18,20)/t12-/m0/s1. The Balaban J connectivity index is 2.00. The molecular weight excluding hydrogens is 322 g/mol. The minimum absolute atomic E-state index is 0.0547. The zero-order valence-electron chi connectivity index (χ0n) is 12.5. The first kappa shape index (κ1) is 16.8. The van der Waals surface area contributed by atoms with Gasteiger partial charge in [0.1, 0.15) is 5.25 Å². The van der Waals surface area contributed by atoms with Crippen molar-refractivity contribution < 1.29 is 9.59 Å². The van der Waals surface area contributed by atoms with Gasteiger partial charge in [-0.15, -0.1) is 0 Å². The number of nitrogens with zero attached hydrogens (tertiary/aromatic N) is 2. The lowest BCUT2D eigenvalue weighted by Gasteiger charge is -2.13. The van der Waals surface area contributed by atoms with E-state index in [1.54, 1.807) is 29.2 Å². The van der Waals surface area contributed by atoms with E-state index in [0.29, 0.717) is 29.0 Å². The lowest BCUT2D eigenvalue weighted by molar-refractivity contribution is -0.128. The van der Waals surface area contributed by atoms with E-state index in [0.717, 1.165) is 0 Å². The number of anilines is 1. The second-order valence-electron chi connectivity index (χ2n) is 4.71. The summed E-state index contributed by atoms with van der Waals surface area (Å²) in [6.07, 6.45) is 0.120. The van der Waals surface area contributed by atoms with E-state index in [4.69, 9.17) is 11.6 Å². The molecule has 1 heterocycles. The molecule has 22 heavy (non-hydrogen) atoms. The van der Waals surface area contributed by atoms with Crippen LogP contribution >= 0.6 is 23.4 Å². The summed E-state index contributed by atoms with van der Waals surface area (Å²) in [5.74, 6) is -0.261. The van der Waals surface area contributed by atoms with Crippen LogP contribution < -0.4 is 5.32 Å². The van der Waals surface area contributed by atoms with E-state index in [2.05, 4.69) is 10.3 Å². The maximum absolute atomic E-state index is 12.3. The zero-order valence-corrected chi connectivity index (χ0v) is 14.1. The van der Waals surface area contributed by atoms with Crippen LogP contribution in [0.1, 0.15) is 20.3 Å². The Morgan fingerprint density at radius 2 is 2.23 bits per heavy atom. The quantitative estimate of drug-likeness (QED) is 0.897. The van der Waals surface area contributed by atoms with Crippen LogP contribution in [0.2, 0.25) is 5.02 Å². The van der Waals surface area contributed by atoms with Gasteiger partial charge >= 0.3 is 0 Å². The summed E-state index contributed by atoms with van der Waals surface area (Å²) in [4.78, 5) is 30.3. The summed E-state index contributed by atoms with van der Waals surface area (Å²) in [6.45, 7) is 5.01. The van der Waals surface area contributed by atoms with Crippen molar-refractivity contribution in [3.05, 3.63) is 29.3 Å². The molecule has 1 saturated heterocycles. The molecule has 0 aromatic heterocycles. The first-order valence-electron chi connectivity index (χ1n) is 7.13. The van der Waals surface area contributed by atoms with Gasteiger partial charge in [-0.25, -0.2) is 0 Å². The van der Waals surface area contributed by atoms with Crippen molar-refractivity contribution in [1.29, 1.82) is 0 Å². The second-order valence-corrected chi connectivity index (χ2v) is 6.31. The van der Waals surface area contributed by atoms with Gasteiger partial charge in [0.05, 0.1) is 0 Å². The molecule has 5 nitrogen and oxygen atoms in total. The van der Waals surface area contributed by atoms with Gasteiger partial charge in [0.25, 0.3) is 0 Å². The van der Waals surface area contributed by atoms with Crippen molar-refractivity contribution >= 4 is 46.0 Å². The number of amides is 2. The molecule has 0 radical (unpaired) electrons. The molecular formula is C15H18ClN3O2S. The Morgan fingerprint density at radius 1 is 1.45 bits per heavy atom. The molecule has 0 bridgehead atoms. The summed E-state index contributed by atoms with van der Waals surface area (Å²) >= 11 is 7.24. The van der Waals surface area contributed by atoms with Gasteiger partial charge in [-0.2, -0.15) is 0 Å². The van der Waals surface area contributed by atoms with Crippen molar-refractivity contribution in [1.82, 2.24) is 4.90 Å². The third-order valence-corrected chi connectivity index (χ3v) is 4.56. The van der Waals surface area contributed by atoms with Gasteiger partial charge in [0.15, 0.2) is 5.17 Å². The molecule has 0 saturated carbocycles. The summed E-state index contributed by atoms with van der Waals surface area (Å²) in [7, 11) is 0. The third-order valence-electron chi connectivity index (χ3n) is 3.11. The van der Waals surface area contributed by atoms with Crippen LogP contribution in [0.4, 0.5) is 5.69 Å². The number of halogens is 1. The smallest absolute Gasteiger partial charge is 0.242 e. The average Bonchev–Trinajstić information content (AvgIpc) is 2.75. The number of amidine groups is 1. The van der Waals surface area contributed by atoms with Crippen molar-refractivity contribution in [3.8, 4) is 0 Å². The lowest BCUT2D eigenvalue weighted by Crippen LogP contribution is -2.33.